The minimum absolute atomic E-state index is 0. The number of carbonyl (C=O) groups excluding carboxylic acids is 1. The van der Waals surface area contributed by atoms with Crippen molar-refractivity contribution in [2.75, 3.05) is 52.2 Å². The second kappa shape index (κ2) is 8.09. The van der Waals surface area contributed by atoms with E-state index in [0.717, 1.165) is 37.6 Å². The molecule has 0 atom stereocenters. The van der Waals surface area contributed by atoms with Crippen LogP contribution in [0.3, 0.4) is 0 Å². The molecule has 1 aliphatic rings. The molecule has 5 nitrogen and oxygen atoms in total. The van der Waals surface area contributed by atoms with Crippen LogP contribution < -0.4 is 10.1 Å². The fourth-order valence-electron chi connectivity index (χ4n) is 2.11. The molecule has 1 N–H and O–H groups in total. The topological polar surface area (TPSA) is 44.8 Å². The zero-order valence-corrected chi connectivity index (χ0v) is 12.8. The Balaban J connectivity index is 0.00000200. The first-order chi connectivity index (χ1) is 9.17. The molecule has 20 heavy (non-hydrogen) atoms. The first-order valence-corrected chi connectivity index (χ1v) is 6.52. The zero-order chi connectivity index (χ0) is 13.7. The van der Waals surface area contributed by atoms with Gasteiger partial charge in [0.2, 0.25) is 5.91 Å². The molecule has 2 rings (SSSR count). The number of likely N-dealkylation sites (N-methyl/N-ethyl adjacent to an activating group) is 1. The van der Waals surface area contributed by atoms with Crippen molar-refractivity contribution >= 4 is 24.0 Å². The summed E-state index contributed by atoms with van der Waals surface area (Å²) in [6.45, 7) is 4.38. The van der Waals surface area contributed by atoms with Gasteiger partial charge in [-0.25, -0.2) is 0 Å². The van der Waals surface area contributed by atoms with E-state index in [0.29, 0.717) is 6.54 Å². The number of halogens is 1. The number of hydrogen-bond acceptors (Lipinski definition) is 4. The zero-order valence-electron chi connectivity index (χ0n) is 12.0. The smallest absolute Gasteiger partial charge is 0.238 e. The molecule has 1 heterocycles. The third kappa shape index (κ3) is 5.00. The monoisotopic (exact) mass is 299 g/mol. The third-order valence-corrected chi connectivity index (χ3v) is 3.32. The van der Waals surface area contributed by atoms with Gasteiger partial charge in [-0.1, -0.05) is 6.07 Å². The average molecular weight is 300 g/mol. The molecule has 1 aromatic rings. The molecule has 112 valence electrons. The van der Waals surface area contributed by atoms with Crippen molar-refractivity contribution in [3.8, 4) is 5.75 Å². The van der Waals surface area contributed by atoms with Crippen LogP contribution in [-0.4, -0.2) is 62.6 Å². The number of rotatable bonds is 4. The molecule has 0 saturated carbocycles. The van der Waals surface area contributed by atoms with Crippen molar-refractivity contribution < 1.29 is 9.53 Å². The number of hydrogen-bond donors (Lipinski definition) is 1. The summed E-state index contributed by atoms with van der Waals surface area (Å²) in [5.74, 6) is 0.773. The lowest BCUT2D eigenvalue weighted by Gasteiger charge is -2.31. The first kappa shape index (κ1) is 16.8. The minimum atomic E-state index is 0. The maximum atomic E-state index is 12.0. The molecule has 0 spiro atoms. The summed E-state index contributed by atoms with van der Waals surface area (Å²) in [6.07, 6.45) is 0. The SMILES string of the molecule is COc1cccc(NC(=O)CN2CCN(C)CC2)c1.Cl. The highest BCUT2D eigenvalue weighted by Gasteiger charge is 2.16. The van der Waals surface area contributed by atoms with Crippen LogP contribution in [0.25, 0.3) is 0 Å². The van der Waals surface area contributed by atoms with Gasteiger partial charge >= 0.3 is 0 Å². The van der Waals surface area contributed by atoms with Crippen molar-refractivity contribution in [1.29, 1.82) is 0 Å². The van der Waals surface area contributed by atoms with Gasteiger partial charge in [0.05, 0.1) is 13.7 Å². The fourth-order valence-corrected chi connectivity index (χ4v) is 2.11. The van der Waals surface area contributed by atoms with Gasteiger partial charge in [0, 0.05) is 37.9 Å². The summed E-state index contributed by atoms with van der Waals surface area (Å²) in [5, 5.41) is 2.90. The Morgan fingerprint density at radius 3 is 2.65 bits per heavy atom. The van der Waals surface area contributed by atoms with Gasteiger partial charge in [-0.2, -0.15) is 0 Å². The second-order valence-electron chi connectivity index (χ2n) is 4.86. The first-order valence-electron chi connectivity index (χ1n) is 6.52. The van der Waals surface area contributed by atoms with Gasteiger partial charge in [0.1, 0.15) is 5.75 Å². The predicted molar refractivity (Wildman–Crippen MR) is 82.8 cm³/mol. The van der Waals surface area contributed by atoms with Crippen LogP contribution in [0.15, 0.2) is 24.3 Å². The van der Waals surface area contributed by atoms with E-state index in [9.17, 15) is 4.79 Å². The highest BCUT2D eigenvalue weighted by atomic mass is 35.5. The number of piperazine rings is 1. The maximum absolute atomic E-state index is 12.0. The average Bonchev–Trinajstić information content (AvgIpc) is 2.41. The number of nitrogens with one attached hydrogen (secondary N) is 1. The Morgan fingerprint density at radius 2 is 2.00 bits per heavy atom. The summed E-state index contributed by atoms with van der Waals surface area (Å²) in [7, 11) is 3.72. The Kier molecular flexibility index (Phi) is 6.78. The Morgan fingerprint density at radius 1 is 1.30 bits per heavy atom. The molecular formula is C14H22ClN3O2. The predicted octanol–water partition coefficient (Wildman–Crippen LogP) is 1.30. The molecule has 1 aromatic carbocycles. The summed E-state index contributed by atoms with van der Waals surface area (Å²) >= 11 is 0. The molecule has 0 unspecified atom stereocenters. The molecule has 1 fully saturated rings. The lowest BCUT2D eigenvalue weighted by atomic mass is 10.3. The highest BCUT2D eigenvalue weighted by molar-refractivity contribution is 5.92. The lowest BCUT2D eigenvalue weighted by Crippen LogP contribution is -2.47. The van der Waals surface area contributed by atoms with Crippen LogP contribution in [0.5, 0.6) is 5.75 Å². The van der Waals surface area contributed by atoms with Gasteiger partial charge in [-0.3, -0.25) is 9.69 Å². The summed E-state index contributed by atoms with van der Waals surface area (Å²) in [4.78, 5) is 16.4. The van der Waals surface area contributed by atoms with E-state index in [1.165, 1.54) is 0 Å². The number of benzene rings is 1. The molecule has 6 heteroatoms. The largest absolute Gasteiger partial charge is 0.497 e. The molecule has 1 amide bonds. The lowest BCUT2D eigenvalue weighted by molar-refractivity contribution is -0.117. The van der Waals surface area contributed by atoms with Crippen molar-refractivity contribution in [1.82, 2.24) is 9.80 Å². The number of nitrogens with zero attached hydrogens (tertiary/aromatic N) is 2. The van der Waals surface area contributed by atoms with Crippen molar-refractivity contribution in [3.05, 3.63) is 24.3 Å². The van der Waals surface area contributed by atoms with E-state index in [-0.39, 0.29) is 18.3 Å². The summed E-state index contributed by atoms with van der Waals surface area (Å²) in [5.41, 5.74) is 0.776. The van der Waals surface area contributed by atoms with Crippen molar-refractivity contribution in [2.45, 2.75) is 0 Å². The van der Waals surface area contributed by atoms with Crippen LogP contribution in [0.2, 0.25) is 0 Å². The number of anilines is 1. The number of amides is 1. The summed E-state index contributed by atoms with van der Waals surface area (Å²) in [6, 6.07) is 7.41. The third-order valence-electron chi connectivity index (χ3n) is 3.32. The van der Waals surface area contributed by atoms with E-state index in [1.54, 1.807) is 7.11 Å². The van der Waals surface area contributed by atoms with Crippen LogP contribution >= 0.6 is 12.4 Å². The standard InChI is InChI=1S/C14H21N3O2.ClH/c1-16-6-8-17(9-7-16)11-14(18)15-12-4-3-5-13(10-12)19-2;/h3-5,10H,6-9,11H2,1-2H3,(H,15,18);1H. The highest BCUT2D eigenvalue weighted by Crippen LogP contribution is 2.16. The van der Waals surface area contributed by atoms with Gasteiger partial charge in [0.15, 0.2) is 0 Å². The summed E-state index contributed by atoms with van der Waals surface area (Å²) < 4.78 is 5.13. The van der Waals surface area contributed by atoms with Crippen LogP contribution in [-0.2, 0) is 4.79 Å². The van der Waals surface area contributed by atoms with Crippen molar-refractivity contribution in [2.24, 2.45) is 0 Å². The van der Waals surface area contributed by atoms with Crippen LogP contribution in [0.4, 0.5) is 5.69 Å². The van der Waals surface area contributed by atoms with E-state index in [1.807, 2.05) is 24.3 Å². The van der Waals surface area contributed by atoms with E-state index < -0.39 is 0 Å². The van der Waals surface area contributed by atoms with Gasteiger partial charge in [-0.05, 0) is 19.2 Å². The molecular weight excluding hydrogens is 278 g/mol. The molecule has 1 saturated heterocycles. The quantitative estimate of drug-likeness (QED) is 0.910. The number of ether oxygens (including phenoxy) is 1. The van der Waals surface area contributed by atoms with Crippen molar-refractivity contribution in [3.63, 3.8) is 0 Å². The van der Waals surface area contributed by atoms with E-state index in [2.05, 4.69) is 22.2 Å². The number of methoxy groups -OCH3 is 1. The Bertz CT molecular complexity index is 434. The fraction of sp³-hybridized carbons (Fsp3) is 0.500. The number of carbonyl (C=O) groups is 1. The van der Waals surface area contributed by atoms with Gasteiger partial charge in [0.25, 0.3) is 0 Å². The molecule has 0 bridgehead atoms. The normalized spacial score (nSPS) is 16.3. The van der Waals surface area contributed by atoms with Gasteiger partial charge in [-0.15, -0.1) is 12.4 Å². The van der Waals surface area contributed by atoms with Crippen LogP contribution in [0.1, 0.15) is 0 Å². The Hall–Kier alpha value is -1.30. The maximum Gasteiger partial charge on any atom is 0.238 e. The minimum Gasteiger partial charge on any atom is -0.497 e. The van der Waals surface area contributed by atoms with Gasteiger partial charge < -0.3 is 15.0 Å². The Labute approximate surface area is 126 Å². The molecule has 0 radical (unpaired) electrons. The van der Waals surface area contributed by atoms with E-state index in [4.69, 9.17) is 4.74 Å². The van der Waals surface area contributed by atoms with E-state index >= 15 is 0 Å². The van der Waals surface area contributed by atoms with Crippen LogP contribution in [0, 0.1) is 0 Å². The molecule has 1 aliphatic heterocycles. The molecule has 0 aromatic heterocycles. The second-order valence-corrected chi connectivity index (χ2v) is 4.86. The molecule has 0 aliphatic carbocycles.